The van der Waals surface area contributed by atoms with Crippen molar-refractivity contribution >= 4 is 0 Å². The van der Waals surface area contributed by atoms with E-state index >= 15 is 0 Å². The molecule has 0 radical (unpaired) electrons. The summed E-state index contributed by atoms with van der Waals surface area (Å²) < 4.78 is 18.4. The molecule has 0 aliphatic rings. The SMILES string of the molecule is NCCCCCCc1nc(-c2ccc(O)c(F)c2)no1. The van der Waals surface area contributed by atoms with Gasteiger partial charge in [-0.05, 0) is 37.6 Å². The molecule has 0 atom stereocenters. The van der Waals surface area contributed by atoms with Gasteiger partial charge in [0.1, 0.15) is 0 Å². The van der Waals surface area contributed by atoms with Crippen LogP contribution in [0.5, 0.6) is 5.75 Å². The Hall–Kier alpha value is -1.95. The number of rotatable bonds is 7. The van der Waals surface area contributed by atoms with Gasteiger partial charge in [0.2, 0.25) is 11.7 Å². The standard InChI is InChI=1S/C14H18FN3O2/c15-11-9-10(6-7-12(11)19)14-17-13(20-18-14)5-3-1-2-4-8-16/h6-7,9,19H,1-5,8,16H2. The van der Waals surface area contributed by atoms with Crippen molar-refractivity contribution in [2.24, 2.45) is 5.73 Å². The van der Waals surface area contributed by atoms with E-state index in [1.54, 1.807) is 6.07 Å². The molecule has 0 aliphatic carbocycles. The van der Waals surface area contributed by atoms with E-state index in [0.29, 0.717) is 23.7 Å². The third kappa shape index (κ3) is 3.77. The smallest absolute Gasteiger partial charge is 0.226 e. The molecule has 5 nitrogen and oxygen atoms in total. The molecular weight excluding hydrogens is 261 g/mol. The highest BCUT2D eigenvalue weighted by Gasteiger charge is 2.10. The topological polar surface area (TPSA) is 85.2 Å². The van der Waals surface area contributed by atoms with E-state index in [9.17, 15) is 4.39 Å². The van der Waals surface area contributed by atoms with Gasteiger partial charge >= 0.3 is 0 Å². The van der Waals surface area contributed by atoms with E-state index < -0.39 is 11.6 Å². The van der Waals surface area contributed by atoms with E-state index in [1.807, 2.05) is 0 Å². The molecule has 2 rings (SSSR count). The van der Waals surface area contributed by atoms with Crippen molar-refractivity contribution in [2.75, 3.05) is 6.54 Å². The zero-order chi connectivity index (χ0) is 14.4. The molecule has 2 aromatic rings. The number of nitrogens with zero attached hydrogens (tertiary/aromatic N) is 2. The molecule has 0 saturated heterocycles. The van der Waals surface area contributed by atoms with Crippen LogP contribution in [0.15, 0.2) is 22.7 Å². The van der Waals surface area contributed by atoms with Crippen molar-refractivity contribution in [1.29, 1.82) is 0 Å². The molecular formula is C14H18FN3O2. The Kier molecular flexibility index (Phi) is 5.06. The molecule has 108 valence electrons. The fourth-order valence-corrected chi connectivity index (χ4v) is 1.89. The van der Waals surface area contributed by atoms with Crippen LogP contribution in [0.2, 0.25) is 0 Å². The van der Waals surface area contributed by atoms with Gasteiger partial charge in [0, 0.05) is 12.0 Å². The first-order valence-electron chi connectivity index (χ1n) is 6.72. The number of aromatic nitrogens is 2. The highest BCUT2D eigenvalue weighted by molar-refractivity contribution is 5.55. The average Bonchev–Trinajstić information content (AvgIpc) is 2.90. The number of phenols is 1. The summed E-state index contributed by atoms with van der Waals surface area (Å²) in [4.78, 5) is 4.22. The minimum atomic E-state index is -0.698. The van der Waals surface area contributed by atoms with Gasteiger partial charge in [-0.2, -0.15) is 4.98 Å². The van der Waals surface area contributed by atoms with E-state index in [4.69, 9.17) is 15.4 Å². The zero-order valence-corrected chi connectivity index (χ0v) is 11.2. The summed E-state index contributed by atoms with van der Waals surface area (Å²) in [5.74, 6) is -0.213. The summed E-state index contributed by atoms with van der Waals surface area (Å²) in [6, 6.07) is 4.01. The second-order valence-electron chi connectivity index (χ2n) is 4.63. The summed E-state index contributed by atoms with van der Waals surface area (Å²) in [7, 11) is 0. The van der Waals surface area contributed by atoms with Gasteiger partial charge in [0.25, 0.3) is 0 Å². The van der Waals surface area contributed by atoms with Gasteiger partial charge in [-0.1, -0.05) is 18.0 Å². The predicted molar refractivity (Wildman–Crippen MR) is 72.6 cm³/mol. The Bertz CT molecular complexity index is 557. The number of phenolic OH excluding ortho intramolecular Hbond substituents is 1. The Balaban J connectivity index is 1.93. The molecule has 0 bridgehead atoms. The van der Waals surface area contributed by atoms with Crippen molar-refractivity contribution < 1.29 is 14.0 Å². The Labute approximate surface area is 116 Å². The number of unbranched alkanes of at least 4 members (excludes halogenated alkanes) is 3. The van der Waals surface area contributed by atoms with Crippen LogP contribution in [0.1, 0.15) is 31.6 Å². The maximum Gasteiger partial charge on any atom is 0.226 e. The van der Waals surface area contributed by atoms with Crippen molar-refractivity contribution in [3.63, 3.8) is 0 Å². The summed E-state index contributed by atoms with van der Waals surface area (Å²) in [6.07, 6.45) is 4.87. The first kappa shape index (κ1) is 14.5. The maximum absolute atomic E-state index is 13.2. The van der Waals surface area contributed by atoms with Gasteiger partial charge in [-0.3, -0.25) is 0 Å². The average molecular weight is 279 g/mol. The van der Waals surface area contributed by atoms with E-state index in [0.717, 1.165) is 32.2 Å². The highest BCUT2D eigenvalue weighted by atomic mass is 19.1. The van der Waals surface area contributed by atoms with Crippen LogP contribution >= 0.6 is 0 Å². The zero-order valence-electron chi connectivity index (χ0n) is 11.2. The highest BCUT2D eigenvalue weighted by Crippen LogP contribution is 2.23. The lowest BCUT2D eigenvalue weighted by Crippen LogP contribution is -1.97. The van der Waals surface area contributed by atoms with Crippen LogP contribution < -0.4 is 5.73 Å². The molecule has 20 heavy (non-hydrogen) atoms. The van der Waals surface area contributed by atoms with Crippen molar-refractivity contribution in [3.8, 4) is 17.1 Å². The fourth-order valence-electron chi connectivity index (χ4n) is 1.89. The van der Waals surface area contributed by atoms with Crippen LogP contribution in [0.4, 0.5) is 4.39 Å². The van der Waals surface area contributed by atoms with Gasteiger partial charge in [-0.25, -0.2) is 4.39 Å². The molecule has 0 unspecified atom stereocenters. The molecule has 1 aromatic heterocycles. The van der Waals surface area contributed by atoms with Crippen LogP contribution in [0.25, 0.3) is 11.4 Å². The maximum atomic E-state index is 13.2. The molecule has 3 N–H and O–H groups in total. The summed E-state index contributed by atoms with van der Waals surface area (Å²) >= 11 is 0. The Morgan fingerprint density at radius 3 is 2.75 bits per heavy atom. The molecule has 0 saturated carbocycles. The van der Waals surface area contributed by atoms with Gasteiger partial charge in [0.05, 0.1) is 0 Å². The number of aryl methyl sites for hydroxylation is 1. The normalized spacial score (nSPS) is 10.9. The third-order valence-corrected chi connectivity index (χ3v) is 3.02. The summed E-state index contributed by atoms with van der Waals surface area (Å²) in [5.41, 5.74) is 5.91. The number of nitrogens with two attached hydrogens (primary N) is 1. The first-order chi connectivity index (χ1) is 9.70. The van der Waals surface area contributed by atoms with Gasteiger partial charge in [0.15, 0.2) is 11.6 Å². The van der Waals surface area contributed by atoms with E-state index in [-0.39, 0.29) is 0 Å². The largest absolute Gasteiger partial charge is 0.505 e. The molecule has 0 spiro atoms. The van der Waals surface area contributed by atoms with Crippen LogP contribution in [-0.4, -0.2) is 21.8 Å². The molecule has 0 aliphatic heterocycles. The van der Waals surface area contributed by atoms with Crippen LogP contribution in [0, 0.1) is 5.82 Å². The Morgan fingerprint density at radius 2 is 2.00 bits per heavy atom. The number of hydrogen-bond acceptors (Lipinski definition) is 5. The van der Waals surface area contributed by atoms with Crippen molar-refractivity contribution in [1.82, 2.24) is 10.1 Å². The second kappa shape index (κ2) is 7.00. The molecule has 0 fully saturated rings. The summed E-state index contributed by atoms with van der Waals surface area (Å²) in [5, 5.41) is 13.0. The molecule has 6 heteroatoms. The molecule has 0 amide bonds. The number of benzene rings is 1. The lowest BCUT2D eigenvalue weighted by Gasteiger charge is -1.97. The lowest BCUT2D eigenvalue weighted by molar-refractivity contribution is 0.374. The first-order valence-corrected chi connectivity index (χ1v) is 6.72. The minimum absolute atomic E-state index is 0.334. The van der Waals surface area contributed by atoms with Crippen molar-refractivity contribution in [2.45, 2.75) is 32.1 Å². The van der Waals surface area contributed by atoms with Crippen LogP contribution in [0.3, 0.4) is 0 Å². The minimum Gasteiger partial charge on any atom is -0.505 e. The number of halogens is 1. The monoisotopic (exact) mass is 279 g/mol. The fraction of sp³-hybridized carbons (Fsp3) is 0.429. The third-order valence-electron chi connectivity index (χ3n) is 3.02. The van der Waals surface area contributed by atoms with Crippen molar-refractivity contribution in [3.05, 3.63) is 29.9 Å². The lowest BCUT2D eigenvalue weighted by atomic mass is 10.1. The number of aromatic hydroxyl groups is 1. The molecule has 1 heterocycles. The van der Waals surface area contributed by atoms with Gasteiger partial charge < -0.3 is 15.4 Å². The Morgan fingerprint density at radius 1 is 1.20 bits per heavy atom. The summed E-state index contributed by atoms with van der Waals surface area (Å²) in [6.45, 7) is 0.719. The van der Waals surface area contributed by atoms with Crippen LogP contribution in [-0.2, 0) is 6.42 Å². The van der Waals surface area contributed by atoms with E-state index in [1.165, 1.54) is 12.1 Å². The molecule has 1 aromatic carbocycles. The van der Waals surface area contributed by atoms with Gasteiger partial charge in [-0.15, -0.1) is 0 Å². The quantitative estimate of drug-likeness (QED) is 0.761. The number of hydrogen-bond donors (Lipinski definition) is 2. The van der Waals surface area contributed by atoms with E-state index in [2.05, 4.69) is 10.1 Å². The second-order valence-corrected chi connectivity index (χ2v) is 4.63. The predicted octanol–water partition coefficient (Wildman–Crippen LogP) is 2.64.